The molecule has 0 spiro atoms. The van der Waals surface area contributed by atoms with Gasteiger partial charge in [0.05, 0.1) is 13.0 Å². The molecular formula is C19H30N2O3. The van der Waals surface area contributed by atoms with Crippen molar-refractivity contribution in [2.75, 3.05) is 46.9 Å². The Morgan fingerprint density at radius 2 is 2.00 bits per heavy atom. The van der Waals surface area contributed by atoms with Crippen LogP contribution in [0.25, 0.3) is 0 Å². The van der Waals surface area contributed by atoms with Crippen LogP contribution < -0.4 is 4.74 Å². The molecule has 0 unspecified atom stereocenters. The van der Waals surface area contributed by atoms with Crippen molar-refractivity contribution in [2.45, 2.75) is 19.8 Å². The van der Waals surface area contributed by atoms with Crippen molar-refractivity contribution in [3.63, 3.8) is 0 Å². The molecule has 1 amide bonds. The van der Waals surface area contributed by atoms with E-state index in [1.165, 1.54) is 0 Å². The van der Waals surface area contributed by atoms with Crippen LogP contribution in [0.3, 0.4) is 0 Å². The number of carbonyl (C=O) groups is 1. The molecule has 1 N–H and O–H groups in total. The highest BCUT2D eigenvalue weighted by Gasteiger charge is 2.30. The molecule has 1 aliphatic heterocycles. The van der Waals surface area contributed by atoms with Crippen LogP contribution in [0.5, 0.6) is 5.75 Å². The first-order valence-corrected chi connectivity index (χ1v) is 8.77. The third-order valence-corrected chi connectivity index (χ3v) is 4.47. The third-order valence-electron chi connectivity index (χ3n) is 4.47. The second-order valence-corrected chi connectivity index (χ2v) is 6.93. The number of benzene rings is 1. The Morgan fingerprint density at radius 3 is 2.67 bits per heavy atom. The lowest BCUT2D eigenvalue weighted by Gasteiger charge is -2.38. The fraction of sp³-hybridized carbons (Fsp3) is 0.632. The van der Waals surface area contributed by atoms with Crippen LogP contribution in [-0.4, -0.2) is 67.8 Å². The number of hydrogen-bond donors (Lipinski definition) is 1. The summed E-state index contributed by atoms with van der Waals surface area (Å²) in [5.74, 6) is 1.49. The number of aliphatic hydroxyl groups is 1. The predicted molar refractivity (Wildman–Crippen MR) is 95.1 cm³/mol. The van der Waals surface area contributed by atoms with Crippen LogP contribution in [0.1, 0.15) is 18.9 Å². The van der Waals surface area contributed by atoms with E-state index in [1.54, 1.807) is 0 Å². The van der Waals surface area contributed by atoms with Crippen LogP contribution in [0.2, 0.25) is 0 Å². The summed E-state index contributed by atoms with van der Waals surface area (Å²) in [4.78, 5) is 16.9. The topological polar surface area (TPSA) is 53.0 Å². The maximum atomic E-state index is 12.8. The Balaban J connectivity index is 2.05. The lowest BCUT2D eigenvalue weighted by molar-refractivity contribution is -0.134. The van der Waals surface area contributed by atoms with E-state index >= 15 is 0 Å². The van der Waals surface area contributed by atoms with Gasteiger partial charge in [-0.3, -0.25) is 4.79 Å². The quantitative estimate of drug-likeness (QED) is 0.824. The molecule has 1 aliphatic rings. The van der Waals surface area contributed by atoms with Crippen molar-refractivity contribution >= 4 is 5.91 Å². The molecule has 1 aromatic rings. The predicted octanol–water partition coefficient (Wildman–Crippen LogP) is 1.65. The number of hydrogen-bond acceptors (Lipinski definition) is 4. The van der Waals surface area contributed by atoms with Gasteiger partial charge in [-0.25, -0.2) is 0 Å². The number of rotatable bonds is 7. The van der Waals surface area contributed by atoms with Gasteiger partial charge in [-0.2, -0.15) is 0 Å². The number of amides is 1. The highest BCUT2D eigenvalue weighted by molar-refractivity contribution is 5.79. The summed E-state index contributed by atoms with van der Waals surface area (Å²) in [5.41, 5.74) is 0.930. The Bertz CT molecular complexity index is 533. The Labute approximate surface area is 145 Å². The second kappa shape index (κ2) is 9.04. The van der Waals surface area contributed by atoms with E-state index in [0.29, 0.717) is 25.5 Å². The van der Waals surface area contributed by atoms with E-state index in [1.807, 2.05) is 50.2 Å². The van der Waals surface area contributed by atoms with Gasteiger partial charge >= 0.3 is 0 Å². The summed E-state index contributed by atoms with van der Waals surface area (Å²) >= 11 is 0. The van der Waals surface area contributed by atoms with Gasteiger partial charge in [0.25, 0.3) is 0 Å². The minimum atomic E-state index is 0.115. The zero-order valence-electron chi connectivity index (χ0n) is 15.1. The number of carbonyl (C=O) groups excluding carboxylic acids is 1. The Kier molecular flexibility index (Phi) is 7.06. The van der Waals surface area contributed by atoms with Gasteiger partial charge in [0.2, 0.25) is 5.91 Å². The van der Waals surface area contributed by atoms with E-state index in [2.05, 4.69) is 4.90 Å². The second-order valence-electron chi connectivity index (χ2n) is 6.93. The fourth-order valence-corrected chi connectivity index (χ4v) is 3.52. The summed E-state index contributed by atoms with van der Waals surface area (Å²) < 4.78 is 5.62. The maximum absolute atomic E-state index is 12.8. The molecule has 0 saturated carbocycles. The van der Waals surface area contributed by atoms with Crippen molar-refractivity contribution in [2.24, 2.45) is 11.8 Å². The van der Waals surface area contributed by atoms with Crippen LogP contribution in [0.15, 0.2) is 24.3 Å². The number of para-hydroxylation sites is 1. The molecule has 5 nitrogen and oxygen atoms in total. The van der Waals surface area contributed by atoms with Gasteiger partial charge < -0.3 is 19.6 Å². The summed E-state index contributed by atoms with van der Waals surface area (Å²) in [5, 5.41) is 9.57. The van der Waals surface area contributed by atoms with E-state index in [-0.39, 0.29) is 18.4 Å². The smallest absolute Gasteiger partial charge is 0.227 e. The van der Waals surface area contributed by atoms with Gasteiger partial charge in [-0.05, 0) is 45.3 Å². The molecule has 0 radical (unpaired) electrons. The summed E-state index contributed by atoms with van der Waals surface area (Å²) in [6.45, 7) is 5.03. The molecule has 5 heteroatoms. The summed E-state index contributed by atoms with van der Waals surface area (Å²) in [7, 11) is 4.10. The first kappa shape index (κ1) is 18.7. The highest BCUT2D eigenvalue weighted by atomic mass is 16.5. The van der Waals surface area contributed by atoms with Crippen molar-refractivity contribution in [1.29, 1.82) is 0 Å². The van der Waals surface area contributed by atoms with Crippen LogP contribution in [-0.2, 0) is 11.2 Å². The zero-order chi connectivity index (χ0) is 17.5. The van der Waals surface area contributed by atoms with Gasteiger partial charge in [-0.1, -0.05) is 18.2 Å². The monoisotopic (exact) mass is 334 g/mol. The molecule has 1 fully saturated rings. The standard InChI is InChI=1S/C19H30N2O3/c1-4-24-18-8-6-5-7-17(18)10-19(23)21-12-15(11-20(2)3)9-16(13-21)14-22/h5-8,15-16,22H,4,9-14H2,1-3H3/t15-,16-/m1/s1. The normalized spacial score (nSPS) is 21.1. The molecule has 1 saturated heterocycles. The molecule has 0 aromatic heterocycles. The number of likely N-dealkylation sites (tertiary alicyclic amines) is 1. The van der Waals surface area contributed by atoms with Crippen molar-refractivity contribution in [1.82, 2.24) is 9.80 Å². The van der Waals surface area contributed by atoms with E-state index in [9.17, 15) is 9.90 Å². The van der Waals surface area contributed by atoms with E-state index in [4.69, 9.17) is 4.74 Å². The first-order chi connectivity index (χ1) is 11.5. The average molecular weight is 334 g/mol. The lowest BCUT2D eigenvalue weighted by Crippen LogP contribution is -2.47. The molecule has 1 aromatic carbocycles. The van der Waals surface area contributed by atoms with Crippen molar-refractivity contribution in [3.8, 4) is 5.75 Å². The molecule has 0 bridgehead atoms. The third kappa shape index (κ3) is 5.21. The first-order valence-electron chi connectivity index (χ1n) is 8.77. The Hall–Kier alpha value is -1.59. The van der Waals surface area contributed by atoms with Crippen LogP contribution in [0.4, 0.5) is 0 Å². The van der Waals surface area contributed by atoms with Crippen LogP contribution >= 0.6 is 0 Å². The number of ether oxygens (including phenoxy) is 1. The van der Waals surface area contributed by atoms with E-state index < -0.39 is 0 Å². The molecular weight excluding hydrogens is 304 g/mol. The van der Waals surface area contributed by atoms with Crippen molar-refractivity contribution in [3.05, 3.63) is 29.8 Å². The van der Waals surface area contributed by atoms with Crippen molar-refractivity contribution < 1.29 is 14.6 Å². The molecule has 0 aliphatic carbocycles. The average Bonchev–Trinajstić information content (AvgIpc) is 2.56. The minimum Gasteiger partial charge on any atom is -0.494 e. The number of nitrogens with zero attached hydrogens (tertiary/aromatic N) is 2. The lowest BCUT2D eigenvalue weighted by atomic mass is 9.89. The van der Waals surface area contributed by atoms with Gasteiger partial charge in [0.1, 0.15) is 5.75 Å². The Morgan fingerprint density at radius 1 is 1.29 bits per heavy atom. The molecule has 1 heterocycles. The number of aliphatic hydroxyl groups excluding tert-OH is 1. The molecule has 2 rings (SSSR count). The highest BCUT2D eigenvalue weighted by Crippen LogP contribution is 2.24. The zero-order valence-corrected chi connectivity index (χ0v) is 15.1. The molecule has 2 atom stereocenters. The van der Waals surface area contributed by atoms with Gasteiger partial charge in [0.15, 0.2) is 0 Å². The summed E-state index contributed by atoms with van der Waals surface area (Å²) in [6, 6.07) is 7.73. The SMILES string of the molecule is CCOc1ccccc1CC(=O)N1C[C@H](CO)C[C@H](CN(C)C)C1. The largest absolute Gasteiger partial charge is 0.494 e. The molecule has 24 heavy (non-hydrogen) atoms. The maximum Gasteiger partial charge on any atom is 0.227 e. The number of piperidine rings is 1. The fourth-order valence-electron chi connectivity index (χ4n) is 3.52. The summed E-state index contributed by atoms with van der Waals surface area (Å²) in [6.07, 6.45) is 1.33. The van der Waals surface area contributed by atoms with Gasteiger partial charge in [-0.15, -0.1) is 0 Å². The van der Waals surface area contributed by atoms with E-state index in [0.717, 1.165) is 30.8 Å². The van der Waals surface area contributed by atoms with Gasteiger partial charge in [0, 0.05) is 31.8 Å². The van der Waals surface area contributed by atoms with Crippen LogP contribution in [0, 0.1) is 11.8 Å². The molecule has 134 valence electrons. The minimum absolute atomic E-state index is 0.115.